The summed E-state index contributed by atoms with van der Waals surface area (Å²) in [5.74, 6) is 0.195. The van der Waals surface area contributed by atoms with Gasteiger partial charge in [-0.05, 0) is 80.5 Å². The maximum Gasteiger partial charge on any atom is 0.163 e. The zero-order valence-electron chi connectivity index (χ0n) is 13.1. The summed E-state index contributed by atoms with van der Waals surface area (Å²) in [5, 5.41) is 20.9. The zero-order chi connectivity index (χ0) is 15.4. The van der Waals surface area contributed by atoms with Crippen LogP contribution in [0.25, 0.3) is 0 Å². The van der Waals surface area contributed by atoms with Crippen LogP contribution in [0.1, 0.15) is 67.9 Å². The first-order chi connectivity index (χ1) is 9.75. The van der Waals surface area contributed by atoms with Crippen molar-refractivity contribution in [2.24, 2.45) is 5.92 Å². The third kappa shape index (κ3) is 2.10. The van der Waals surface area contributed by atoms with Gasteiger partial charge < -0.3 is 10.2 Å². The number of carbonyl (C=O) groups excluding carboxylic acids is 1. The van der Waals surface area contributed by atoms with Crippen LogP contribution in [0.2, 0.25) is 0 Å². The number of carbonyl (C=O) groups is 1. The average Bonchev–Trinajstić information content (AvgIpc) is 2.37. The van der Waals surface area contributed by atoms with Crippen molar-refractivity contribution >= 4 is 5.78 Å². The first-order valence-electron chi connectivity index (χ1n) is 7.85. The van der Waals surface area contributed by atoms with Gasteiger partial charge in [0.15, 0.2) is 5.78 Å². The fourth-order valence-electron chi connectivity index (χ4n) is 4.75. The number of benzene rings is 1. The topological polar surface area (TPSA) is 57.5 Å². The van der Waals surface area contributed by atoms with Crippen molar-refractivity contribution in [3.05, 3.63) is 28.8 Å². The van der Waals surface area contributed by atoms with Gasteiger partial charge >= 0.3 is 0 Å². The van der Waals surface area contributed by atoms with Crippen LogP contribution in [0, 0.1) is 5.92 Å². The van der Waals surface area contributed by atoms with E-state index < -0.39 is 5.60 Å². The summed E-state index contributed by atoms with van der Waals surface area (Å²) in [4.78, 5) is 11.6. The molecule has 0 saturated heterocycles. The predicted octanol–water partition coefficient (Wildman–Crippen LogP) is 3.35. The van der Waals surface area contributed by atoms with E-state index in [1.165, 1.54) is 6.92 Å². The number of fused-ring (bicyclic) bond motifs is 3. The lowest BCUT2D eigenvalue weighted by molar-refractivity contribution is -0.0749. The van der Waals surface area contributed by atoms with Crippen molar-refractivity contribution in [2.75, 3.05) is 0 Å². The molecule has 1 fully saturated rings. The Balaban J connectivity index is 2.14. The molecule has 2 aliphatic rings. The summed E-state index contributed by atoms with van der Waals surface area (Å²) in [5.41, 5.74) is 1.95. The van der Waals surface area contributed by atoms with Gasteiger partial charge in [0, 0.05) is 0 Å². The molecule has 3 nitrogen and oxygen atoms in total. The van der Waals surface area contributed by atoms with E-state index in [2.05, 4.69) is 6.92 Å². The molecule has 0 amide bonds. The van der Waals surface area contributed by atoms with E-state index in [9.17, 15) is 15.0 Å². The number of aromatic hydroxyl groups is 1. The summed E-state index contributed by atoms with van der Waals surface area (Å²) >= 11 is 0. The van der Waals surface area contributed by atoms with E-state index in [0.29, 0.717) is 5.56 Å². The maximum absolute atomic E-state index is 11.6. The van der Waals surface area contributed by atoms with E-state index in [1.54, 1.807) is 6.07 Å². The molecule has 21 heavy (non-hydrogen) atoms. The van der Waals surface area contributed by atoms with Crippen LogP contribution < -0.4 is 0 Å². The molecule has 1 saturated carbocycles. The van der Waals surface area contributed by atoms with Crippen molar-refractivity contribution in [1.82, 2.24) is 0 Å². The Hall–Kier alpha value is -1.35. The smallest absolute Gasteiger partial charge is 0.163 e. The van der Waals surface area contributed by atoms with E-state index in [-0.39, 0.29) is 22.9 Å². The number of ketones is 1. The Labute approximate surface area is 126 Å². The van der Waals surface area contributed by atoms with Gasteiger partial charge in [-0.25, -0.2) is 0 Å². The van der Waals surface area contributed by atoms with Crippen LogP contribution in [0.4, 0.5) is 0 Å². The van der Waals surface area contributed by atoms with Crippen LogP contribution in [-0.2, 0) is 11.8 Å². The standard InChI is InChI=1S/C18H24O3/c1-11(19)13-9-12-5-6-16-17(2,14(12)10-15(13)20)7-4-8-18(16,3)21/h9-10,16,20-21H,4-8H2,1-3H3. The minimum atomic E-state index is -0.639. The molecule has 1 aromatic carbocycles. The van der Waals surface area contributed by atoms with Gasteiger partial charge in [-0.3, -0.25) is 4.79 Å². The van der Waals surface area contributed by atoms with Gasteiger partial charge in [0.2, 0.25) is 0 Å². The predicted molar refractivity (Wildman–Crippen MR) is 81.7 cm³/mol. The fourth-order valence-corrected chi connectivity index (χ4v) is 4.75. The largest absolute Gasteiger partial charge is 0.507 e. The third-order valence-electron chi connectivity index (χ3n) is 5.82. The number of Topliss-reactive ketones (excluding diaryl/α,β-unsaturated/α-hetero) is 1. The molecule has 2 N–H and O–H groups in total. The van der Waals surface area contributed by atoms with E-state index in [1.807, 2.05) is 13.0 Å². The van der Waals surface area contributed by atoms with Crippen LogP contribution >= 0.6 is 0 Å². The van der Waals surface area contributed by atoms with Crippen molar-refractivity contribution in [1.29, 1.82) is 0 Å². The van der Waals surface area contributed by atoms with Gasteiger partial charge in [0.05, 0.1) is 11.2 Å². The van der Waals surface area contributed by atoms with Gasteiger partial charge in [0.25, 0.3) is 0 Å². The molecule has 0 heterocycles. The molecule has 0 aliphatic heterocycles. The van der Waals surface area contributed by atoms with Gasteiger partial charge in [-0.1, -0.05) is 6.92 Å². The van der Waals surface area contributed by atoms with Crippen LogP contribution in [0.15, 0.2) is 12.1 Å². The second-order valence-corrected chi connectivity index (χ2v) is 7.30. The molecule has 0 aromatic heterocycles. The van der Waals surface area contributed by atoms with E-state index in [4.69, 9.17) is 0 Å². The van der Waals surface area contributed by atoms with Gasteiger partial charge in [0.1, 0.15) is 5.75 Å². The summed E-state index contributed by atoms with van der Waals surface area (Å²) in [6.07, 6.45) is 4.68. The number of phenols is 1. The summed E-state index contributed by atoms with van der Waals surface area (Å²) in [6, 6.07) is 3.64. The SMILES string of the molecule is CC(=O)c1cc2c(cc1O)C1(C)CCCC(C)(O)C1CC2. The summed E-state index contributed by atoms with van der Waals surface area (Å²) in [6.45, 7) is 5.64. The highest BCUT2D eigenvalue weighted by atomic mass is 16.3. The number of phenolic OH excluding ortho intramolecular Hbond substituents is 1. The Bertz CT molecular complexity index is 603. The number of rotatable bonds is 1. The number of aryl methyl sites for hydroxylation is 1. The molecule has 3 rings (SSSR count). The highest BCUT2D eigenvalue weighted by Crippen LogP contribution is 2.54. The van der Waals surface area contributed by atoms with E-state index >= 15 is 0 Å². The lowest BCUT2D eigenvalue weighted by Gasteiger charge is -2.53. The quantitative estimate of drug-likeness (QED) is 0.779. The second kappa shape index (κ2) is 4.57. The Kier molecular flexibility index (Phi) is 3.17. The van der Waals surface area contributed by atoms with Crippen LogP contribution in [0.5, 0.6) is 5.75 Å². The number of aliphatic hydroxyl groups is 1. The highest BCUT2D eigenvalue weighted by Gasteiger charge is 2.51. The monoisotopic (exact) mass is 288 g/mol. The molecule has 1 aromatic rings. The zero-order valence-corrected chi connectivity index (χ0v) is 13.1. The lowest BCUT2D eigenvalue weighted by Crippen LogP contribution is -2.52. The number of hydrogen-bond acceptors (Lipinski definition) is 3. The second-order valence-electron chi connectivity index (χ2n) is 7.30. The third-order valence-corrected chi connectivity index (χ3v) is 5.82. The van der Waals surface area contributed by atoms with Gasteiger partial charge in [-0.15, -0.1) is 0 Å². The first-order valence-corrected chi connectivity index (χ1v) is 7.85. The van der Waals surface area contributed by atoms with Crippen molar-refractivity contribution in [3.8, 4) is 5.75 Å². The lowest BCUT2D eigenvalue weighted by atomic mass is 9.53. The molecule has 0 radical (unpaired) electrons. The summed E-state index contributed by atoms with van der Waals surface area (Å²) in [7, 11) is 0. The van der Waals surface area contributed by atoms with Gasteiger partial charge in [-0.2, -0.15) is 0 Å². The molecule has 3 heteroatoms. The molecular weight excluding hydrogens is 264 g/mol. The molecular formula is C18H24O3. The Morgan fingerprint density at radius 3 is 2.67 bits per heavy atom. The van der Waals surface area contributed by atoms with Crippen LogP contribution in [0.3, 0.4) is 0 Å². The molecule has 114 valence electrons. The fraction of sp³-hybridized carbons (Fsp3) is 0.611. The van der Waals surface area contributed by atoms with Crippen LogP contribution in [-0.4, -0.2) is 21.6 Å². The number of hydrogen-bond donors (Lipinski definition) is 2. The summed E-state index contributed by atoms with van der Waals surface area (Å²) < 4.78 is 0. The highest BCUT2D eigenvalue weighted by molar-refractivity contribution is 5.97. The minimum absolute atomic E-state index is 0.0772. The Morgan fingerprint density at radius 1 is 1.29 bits per heavy atom. The molecule has 0 spiro atoms. The van der Waals surface area contributed by atoms with E-state index in [0.717, 1.165) is 43.2 Å². The maximum atomic E-state index is 11.6. The first kappa shape index (κ1) is 14.6. The average molecular weight is 288 g/mol. The normalized spacial score (nSPS) is 35.0. The molecule has 2 aliphatic carbocycles. The molecule has 0 bridgehead atoms. The Morgan fingerprint density at radius 2 is 2.00 bits per heavy atom. The minimum Gasteiger partial charge on any atom is -0.507 e. The van der Waals surface area contributed by atoms with Crippen molar-refractivity contribution < 1.29 is 15.0 Å². The molecule has 3 unspecified atom stereocenters. The van der Waals surface area contributed by atoms with Crippen molar-refractivity contribution in [2.45, 2.75) is 63.9 Å². The van der Waals surface area contributed by atoms with Crippen molar-refractivity contribution in [3.63, 3.8) is 0 Å². The molecule has 3 atom stereocenters.